The number of sulfonamides is 1. The van der Waals surface area contributed by atoms with E-state index in [1.54, 1.807) is 4.72 Å². The molecule has 0 unspecified atom stereocenters. The zero-order valence-electron chi connectivity index (χ0n) is 10.6. The second-order valence-corrected chi connectivity index (χ2v) is 6.67. The van der Waals surface area contributed by atoms with E-state index in [1.165, 1.54) is 19.1 Å². The van der Waals surface area contributed by atoms with Crippen LogP contribution in [0.2, 0.25) is 0 Å². The van der Waals surface area contributed by atoms with Crippen LogP contribution >= 0.6 is 0 Å². The van der Waals surface area contributed by atoms with E-state index in [4.69, 9.17) is 5.14 Å². The molecule has 0 saturated carbocycles. The first kappa shape index (κ1) is 16.2. The molecule has 1 aromatic rings. The molecule has 1 amide bonds. The first-order valence-corrected chi connectivity index (χ1v) is 8.10. The second kappa shape index (κ2) is 5.64. The normalized spacial score (nSPS) is 11.8. The van der Waals surface area contributed by atoms with Gasteiger partial charge in [-0.3, -0.25) is 4.72 Å². The number of primary sulfonamides is 1. The lowest BCUT2D eigenvalue weighted by atomic mass is 10.2. The molecule has 0 bridgehead atoms. The van der Waals surface area contributed by atoms with Gasteiger partial charge >= 0.3 is 16.3 Å². The Morgan fingerprint density at radius 1 is 1.25 bits per heavy atom. The van der Waals surface area contributed by atoms with Gasteiger partial charge in [-0.2, -0.15) is 8.42 Å². The third kappa shape index (κ3) is 4.36. The van der Waals surface area contributed by atoms with Crippen LogP contribution in [0.4, 0.5) is 10.5 Å². The van der Waals surface area contributed by atoms with Gasteiger partial charge in [0.2, 0.25) is 10.0 Å². The number of ether oxygens (including phenoxy) is 1. The second-order valence-electron chi connectivity index (χ2n) is 3.72. The van der Waals surface area contributed by atoms with Crippen molar-refractivity contribution in [2.45, 2.75) is 11.8 Å². The predicted molar refractivity (Wildman–Crippen MR) is 70.6 cm³/mol. The Balaban J connectivity index is 3.09. The molecule has 1 aromatic carbocycles. The molecule has 0 aliphatic rings. The summed E-state index contributed by atoms with van der Waals surface area (Å²) >= 11 is 0. The van der Waals surface area contributed by atoms with Gasteiger partial charge < -0.3 is 4.74 Å². The van der Waals surface area contributed by atoms with E-state index in [0.717, 1.165) is 13.2 Å². The average Bonchev–Trinajstić information content (AvgIpc) is 2.29. The highest BCUT2D eigenvalue weighted by molar-refractivity contribution is 7.91. The fourth-order valence-corrected chi connectivity index (χ4v) is 2.90. The van der Waals surface area contributed by atoms with Gasteiger partial charge in [0.05, 0.1) is 17.7 Å². The zero-order valence-corrected chi connectivity index (χ0v) is 12.2. The van der Waals surface area contributed by atoms with E-state index in [2.05, 4.69) is 4.74 Å². The van der Waals surface area contributed by atoms with E-state index >= 15 is 0 Å². The average molecular weight is 323 g/mol. The minimum absolute atomic E-state index is 0.0731. The molecule has 0 heterocycles. The topological polar surface area (TPSA) is 145 Å². The third-order valence-electron chi connectivity index (χ3n) is 2.15. The molecular weight excluding hydrogens is 310 g/mol. The molecule has 0 aliphatic heterocycles. The lowest BCUT2D eigenvalue weighted by molar-refractivity contribution is 0.177. The Hall–Kier alpha value is -1.85. The molecule has 0 aromatic heterocycles. The van der Waals surface area contributed by atoms with Gasteiger partial charge in [-0.15, -0.1) is 0 Å². The van der Waals surface area contributed by atoms with Gasteiger partial charge in [-0.05, 0) is 24.6 Å². The van der Waals surface area contributed by atoms with Crippen LogP contribution in [0.3, 0.4) is 0 Å². The standard InChI is InChI=1S/C9H13N3O6S2/c1-6-3-4-7(5-8(6)19(10,14)15)11-20(16,17)12-9(13)18-2/h3-5,11H,1-2H3,(H,12,13)(H2,10,14,15). The van der Waals surface area contributed by atoms with Crippen molar-refractivity contribution in [3.05, 3.63) is 23.8 Å². The van der Waals surface area contributed by atoms with Gasteiger partial charge in [0.25, 0.3) is 0 Å². The van der Waals surface area contributed by atoms with Crippen molar-refractivity contribution in [2.75, 3.05) is 11.8 Å². The first-order valence-electron chi connectivity index (χ1n) is 5.07. The molecular formula is C9H13N3O6S2. The fourth-order valence-electron chi connectivity index (χ4n) is 1.30. The molecule has 0 atom stereocenters. The summed E-state index contributed by atoms with van der Waals surface area (Å²) in [6.07, 6.45) is -1.18. The maximum absolute atomic E-state index is 11.5. The van der Waals surface area contributed by atoms with E-state index in [9.17, 15) is 21.6 Å². The number of anilines is 1. The summed E-state index contributed by atoms with van der Waals surface area (Å²) in [4.78, 5) is 10.6. The number of carbonyl (C=O) groups is 1. The van der Waals surface area contributed by atoms with Crippen LogP contribution in [-0.2, 0) is 25.0 Å². The smallest absolute Gasteiger partial charge is 0.422 e. The van der Waals surface area contributed by atoms with Crippen LogP contribution in [-0.4, -0.2) is 30.0 Å². The lowest BCUT2D eigenvalue weighted by Gasteiger charge is -2.10. The number of amides is 1. The molecule has 112 valence electrons. The summed E-state index contributed by atoms with van der Waals surface area (Å²) in [6, 6.07) is 3.73. The SMILES string of the molecule is COC(=O)NS(=O)(=O)Nc1ccc(C)c(S(N)(=O)=O)c1. The first-order chi connectivity index (χ1) is 9.05. The summed E-state index contributed by atoms with van der Waals surface area (Å²) in [6.45, 7) is 1.50. The number of carbonyl (C=O) groups excluding carboxylic acids is 1. The highest BCUT2D eigenvalue weighted by Gasteiger charge is 2.17. The largest absolute Gasteiger partial charge is 0.452 e. The molecule has 4 N–H and O–H groups in total. The molecule has 9 nitrogen and oxygen atoms in total. The minimum Gasteiger partial charge on any atom is -0.452 e. The van der Waals surface area contributed by atoms with Gasteiger partial charge in [0.1, 0.15) is 0 Å². The number of rotatable bonds is 4. The van der Waals surface area contributed by atoms with Crippen LogP contribution in [0.1, 0.15) is 5.56 Å². The zero-order chi connectivity index (χ0) is 15.6. The Kier molecular flexibility index (Phi) is 4.57. The Morgan fingerprint density at radius 3 is 2.35 bits per heavy atom. The number of hydrogen-bond donors (Lipinski definition) is 3. The van der Waals surface area contributed by atoms with Crippen LogP contribution in [0.15, 0.2) is 23.1 Å². The van der Waals surface area contributed by atoms with Crippen molar-refractivity contribution in [1.29, 1.82) is 0 Å². The lowest BCUT2D eigenvalue weighted by Crippen LogP contribution is -2.35. The monoisotopic (exact) mass is 323 g/mol. The van der Waals surface area contributed by atoms with E-state index in [0.29, 0.717) is 5.56 Å². The number of nitrogens with two attached hydrogens (primary N) is 1. The van der Waals surface area contributed by atoms with Gasteiger partial charge in [0, 0.05) is 0 Å². The van der Waals surface area contributed by atoms with Gasteiger partial charge in [-0.25, -0.2) is 23.1 Å². The Bertz CT molecular complexity index is 726. The van der Waals surface area contributed by atoms with E-state index in [1.807, 2.05) is 4.72 Å². The summed E-state index contributed by atoms with van der Waals surface area (Å²) in [5, 5.41) is 5.00. The van der Waals surface area contributed by atoms with Crippen molar-refractivity contribution in [3.63, 3.8) is 0 Å². The van der Waals surface area contributed by atoms with Crippen LogP contribution in [0.5, 0.6) is 0 Å². The Labute approximate surface area is 116 Å². The van der Waals surface area contributed by atoms with Gasteiger partial charge in [-0.1, -0.05) is 6.07 Å². The maximum atomic E-state index is 11.5. The van der Waals surface area contributed by atoms with Gasteiger partial charge in [0.15, 0.2) is 0 Å². The minimum atomic E-state index is -4.23. The summed E-state index contributed by atoms with van der Waals surface area (Å²) in [5.41, 5.74) is 0.285. The molecule has 0 saturated heterocycles. The van der Waals surface area contributed by atoms with Crippen LogP contribution in [0, 0.1) is 6.92 Å². The molecule has 20 heavy (non-hydrogen) atoms. The highest BCUT2D eigenvalue weighted by atomic mass is 32.2. The number of benzene rings is 1. The number of aryl methyl sites for hydroxylation is 1. The molecule has 0 aliphatic carbocycles. The molecule has 11 heteroatoms. The molecule has 0 fully saturated rings. The summed E-state index contributed by atoms with van der Waals surface area (Å²) in [5.74, 6) is 0. The summed E-state index contributed by atoms with van der Waals surface area (Å²) in [7, 11) is -7.22. The van der Waals surface area contributed by atoms with Crippen molar-refractivity contribution in [3.8, 4) is 0 Å². The van der Waals surface area contributed by atoms with Crippen molar-refractivity contribution in [1.82, 2.24) is 4.72 Å². The summed E-state index contributed by atoms with van der Waals surface area (Å²) < 4.78 is 53.3. The van der Waals surface area contributed by atoms with Crippen LogP contribution < -0.4 is 14.6 Å². The van der Waals surface area contributed by atoms with Crippen LogP contribution in [0.25, 0.3) is 0 Å². The highest BCUT2D eigenvalue weighted by Crippen LogP contribution is 2.19. The third-order valence-corrected chi connectivity index (χ3v) is 4.14. The molecule has 0 radical (unpaired) electrons. The van der Waals surface area contributed by atoms with Crippen molar-refractivity contribution >= 4 is 32.0 Å². The Morgan fingerprint density at radius 2 is 1.85 bits per heavy atom. The van der Waals surface area contributed by atoms with Crippen molar-refractivity contribution in [2.24, 2.45) is 5.14 Å². The number of methoxy groups -OCH3 is 1. The number of nitrogens with one attached hydrogen (secondary N) is 2. The number of hydrogen-bond acceptors (Lipinski definition) is 6. The van der Waals surface area contributed by atoms with Crippen molar-refractivity contribution < 1.29 is 26.4 Å². The quantitative estimate of drug-likeness (QED) is 0.691. The molecule has 0 spiro atoms. The molecule has 1 rings (SSSR count). The van der Waals surface area contributed by atoms with E-state index < -0.39 is 26.3 Å². The predicted octanol–water partition coefficient (Wildman–Crippen LogP) is -0.345. The maximum Gasteiger partial charge on any atom is 0.422 e. The fraction of sp³-hybridized carbons (Fsp3) is 0.222. The van der Waals surface area contributed by atoms with E-state index in [-0.39, 0.29) is 10.6 Å².